The molecule has 0 unspecified atom stereocenters. The standard InChI is InChI=1S/C24H20F4N6O/c1-34-14-16(11-33-34)6-22-30-12-19(13-31-22)17-3-4-18(20(25)7-17)8-23(35)32-10-15-2-5-21(29-9-15)24(26,27)28/h2-5,7,9,11-14H,6,8,10H2,1H3,(H,32,35). The lowest BCUT2D eigenvalue weighted by molar-refractivity contribution is -0.141. The maximum atomic E-state index is 14.6. The molecule has 0 bridgehead atoms. The largest absolute Gasteiger partial charge is 0.433 e. The van der Waals surface area contributed by atoms with E-state index in [4.69, 9.17) is 0 Å². The zero-order chi connectivity index (χ0) is 25.0. The van der Waals surface area contributed by atoms with Crippen molar-refractivity contribution >= 4 is 5.91 Å². The monoisotopic (exact) mass is 484 g/mol. The highest BCUT2D eigenvalue weighted by Crippen LogP contribution is 2.27. The first-order valence-electron chi connectivity index (χ1n) is 10.5. The second kappa shape index (κ2) is 10.00. The van der Waals surface area contributed by atoms with E-state index in [9.17, 15) is 22.4 Å². The van der Waals surface area contributed by atoms with Crippen LogP contribution in [-0.4, -0.2) is 30.6 Å². The Morgan fingerprint density at radius 1 is 0.971 bits per heavy atom. The van der Waals surface area contributed by atoms with Gasteiger partial charge in [0, 0.05) is 50.4 Å². The van der Waals surface area contributed by atoms with E-state index in [1.54, 1.807) is 29.3 Å². The van der Waals surface area contributed by atoms with Gasteiger partial charge < -0.3 is 5.32 Å². The van der Waals surface area contributed by atoms with Crippen LogP contribution in [0.1, 0.15) is 28.2 Å². The fourth-order valence-electron chi connectivity index (χ4n) is 3.34. The van der Waals surface area contributed by atoms with Crippen molar-refractivity contribution in [1.29, 1.82) is 0 Å². The van der Waals surface area contributed by atoms with Crippen LogP contribution in [0.2, 0.25) is 0 Å². The van der Waals surface area contributed by atoms with E-state index >= 15 is 0 Å². The van der Waals surface area contributed by atoms with E-state index in [0.717, 1.165) is 17.8 Å². The number of nitrogens with zero attached hydrogens (tertiary/aromatic N) is 5. The number of halogens is 4. The highest BCUT2D eigenvalue weighted by atomic mass is 19.4. The van der Waals surface area contributed by atoms with Crippen LogP contribution in [0.3, 0.4) is 0 Å². The number of aromatic nitrogens is 5. The minimum absolute atomic E-state index is 0.0214. The van der Waals surface area contributed by atoms with Crippen LogP contribution in [0.25, 0.3) is 11.1 Å². The fourth-order valence-corrected chi connectivity index (χ4v) is 3.34. The van der Waals surface area contributed by atoms with E-state index < -0.39 is 23.6 Å². The minimum Gasteiger partial charge on any atom is -0.352 e. The average molecular weight is 484 g/mol. The number of hydrogen-bond donors (Lipinski definition) is 1. The van der Waals surface area contributed by atoms with Crippen LogP contribution in [0, 0.1) is 5.82 Å². The maximum absolute atomic E-state index is 14.6. The predicted molar refractivity (Wildman–Crippen MR) is 118 cm³/mol. The molecule has 4 aromatic rings. The van der Waals surface area contributed by atoms with Crippen LogP contribution in [0.4, 0.5) is 17.6 Å². The molecule has 3 heterocycles. The Labute approximate surface area is 197 Å². The molecule has 0 atom stereocenters. The normalized spacial score (nSPS) is 11.5. The zero-order valence-corrected chi connectivity index (χ0v) is 18.6. The lowest BCUT2D eigenvalue weighted by Gasteiger charge is -2.09. The van der Waals surface area contributed by atoms with Crippen molar-refractivity contribution in [2.75, 3.05) is 0 Å². The van der Waals surface area contributed by atoms with Gasteiger partial charge in [-0.1, -0.05) is 18.2 Å². The first kappa shape index (κ1) is 24.0. The number of alkyl halides is 3. The smallest absolute Gasteiger partial charge is 0.352 e. The number of aryl methyl sites for hydroxylation is 1. The van der Waals surface area contributed by atoms with Crippen LogP contribution in [0.15, 0.2) is 61.3 Å². The average Bonchev–Trinajstić information content (AvgIpc) is 3.23. The molecule has 35 heavy (non-hydrogen) atoms. The van der Waals surface area contributed by atoms with Crippen molar-refractivity contribution in [3.05, 3.63) is 95.3 Å². The van der Waals surface area contributed by atoms with E-state index in [0.29, 0.717) is 28.9 Å². The molecule has 4 rings (SSSR count). The zero-order valence-electron chi connectivity index (χ0n) is 18.6. The Kier molecular flexibility index (Phi) is 6.85. The van der Waals surface area contributed by atoms with E-state index in [2.05, 4.69) is 25.4 Å². The SMILES string of the molecule is Cn1cc(Cc2ncc(-c3ccc(CC(=O)NCc4ccc(C(F)(F)F)nc4)c(F)c3)cn2)cn1. The first-order chi connectivity index (χ1) is 16.7. The summed E-state index contributed by atoms with van der Waals surface area (Å²) < 4.78 is 54.0. The van der Waals surface area contributed by atoms with Gasteiger partial charge in [-0.25, -0.2) is 14.4 Å². The number of benzene rings is 1. The highest BCUT2D eigenvalue weighted by molar-refractivity contribution is 5.79. The molecular weight excluding hydrogens is 464 g/mol. The van der Waals surface area contributed by atoms with Crippen molar-refractivity contribution in [3.8, 4) is 11.1 Å². The van der Waals surface area contributed by atoms with Crippen molar-refractivity contribution in [2.45, 2.75) is 25.6 Å². The molecule has 0 saturated carbocycles. The summed E-state index contributed by atoms with van der Waals surface area (Å²) in [5.41, 5.74) is 1.74. The number of carbonyl (C=O) groups is 1. The van der Waals surface area contributed by atoms with Gasteiger partial charge in [0.25, 0.3) is 0 Å². The molecule has 1 amide bonds. The van der Waals surface area contributed by atoms with Gasteiger partial charge in [0.2, 0.25) is 5.91 Å². The van der Waals surface area contributed by atoms with Crippen molar-refractivity contribution < 1.29 is 22.4 Å². The van der Waals surface area contributed by atoms with Crippen molar-refractivity contribution in [2.24, 2.45) is 7.05 Å². The van der Waals surface area contributed by atoms with Crippen molar-refractivity contribution in [1.82, 2.24) is 30.0 Å². The summed E-state index contributed by atoms with van der Waals surface area (Å²) in [5, 5.41) is 6.66. The highest BCUT2D eigenvalue weighted by Gasteiger charge is 2.32. The maximum Gasteiger partial charge on any atom is 0.433 e. The molecular formula is C24H20F4N6O. The molecule has 0 radical (unpaired) electrons. The van der Waals surface area contributed by atoms with Gasteiger partial charge in [-0.05, 0) is 34.4 Å². The lowest BCUT2D eigenvalue weighted by atomic mass is 10.0. The minimum atomic E-state index is -4.53. The van der Waals surface area contributed by atoms with Gasteiger partial charge in [0.15, 0.2) is 0 Å². The molecule has 180 valence electrons. The third-order valence-electron chi connectivity index (χ3n) is 5.17. The van der Waals surface area contributed by atoms with Gasteiger partial charge in [0.05, 0.1) is 12.6 Å². The molecule has 0 fully saturated rings. The Hall–Kier alpha value is -4.15. The summed E-state index contributed by atoms with van der Waals surface area (Å²) in [6.07, 6.45) is 3.65. The number of amides is 1. The van der Waals surface area contributed by atoms with Crippen LogP contribution in [0.5, 0.6) is 0 Å². The summed E-state index contributed by atoms with van der Waals surface area (Å²) in [5.74, 6) is -0.424. The van der Waals surface area contributed by atoms with Gasteiger partial charge in [-0.3, -0.25) is 14.5 Å². The second-order valence-corrected chi connectivity index (χ2v) is 7.90. The summed E-state index contributed by atoms with van der Waals surface area (Å²) in [4.78, 5) is 24.2. The van der Waals surface area contributed by atoms with Gasteiger partial charge in [-0.2, -0.15) is 18.3 Å². The molecule has 0 aliphatic carbocycles. The summed E-state index contributed by atoms with van der Waals surface area (Å²) in [6.45, 7) is -0.0214. The van der Waals surface area contributed by atoms with E-state index in [1.165, 1.54) is 18.2 Å². The Morgan fingerprint density at radius 2 is 1.74 bits per heavy atom. The third-order valence-corrected chi connectivity index (χ3v) is 5.17. The molecule has 3 aromatic heterocycles. The fraction of sp³-hybridized carbons (Fsp3) is 0.208. The van der Waals surface area contributed by atoms with Gasteiger partial charge in [-0.15, -0.1) is 0 Å². The van der Waals surface area contributed by atoms with Crippen molar-refractivity contribution in [3.63, 3.8) is 0 Å². The Balaban J connectivity index is 1.34. The Morgan fingerprint density at radius 3 is 2.34 bits per heavy atom. The van der Waals surface area contributed by atoms with Gasteiger partial charge >= 0.3 is 6.18 Å². The molecule has 0 aliphatic heterocycles. The predicted octanol–water partition coefficient (Wildman–Crippen LogP) is 3.88. The second-order valence-electron chi connectivity index (χ2n) is 7.90. The quantitative estimate of drug-likeness (QED) is 0.403. The summed E-state index contributed by atoms with van der Waals surface area (Å²) >= 11 is 0. The summed E-state index contributed by atoms with van der Waals surface area (Å²) in [6, 6.07) is 6.56. The molecule has 1 aromatic carbocycles. The third kappa shape index (κ3) is 6.25. The van der Waals surface area contributed by atoms with E-state index in [1.807, 2.05) is 13.2 Å². The number of carbonyl (C=O) groups excluding carboxylic acids is 1. The molecule has 7 nitrogen and oxygen atoms in total. The van der Waals surface area contributed by atoms with E-state index in [-0.39, 0.29) is 18.5 Å². The molecule has 1 N–H and O–H groups in total. The molecule has 0 aliphatic rings. The van der Waals surface area contributed by atoms with Crippen LogP contribution < -0.4 is 5.32 Å². The van der Waals surface area contributed by atoms with Crippen LogP contribution >= 0.6 is 0 Å². The molecule has 0 saturated heterocycles. The number of pyridine rings is 1. The van der Waals surface area contributed by atoms with Crippen LogP contribution in [-0.2, 0) is 37.4 Å². The van der Waals surface area contributed by atoms with Gasteiger partial charge in [0.1, 0.15) is 17.3 Å². The molecule has 0 spiro atoms. The first-order valence-corrected chi connectivity index (χ1v) is 10.5. The molecule has 11 heteroatoms. The topological polar surface area (TPSA) is 85.6 Å². The number of rotatable bonds is 7. The number of nitrogens with one attached hydrogen (secondary N) is 1. The lowest BCUT2D eigenvalue weighted by Crippen LogP contribution is -2.25. The number of hydrogen-bond acceptors (Lipinski definition) is 5. The summed E-state index contributed by atoms with van der Waals surface area (Å²) in [7, 11) is 1.83. The Bertz CT molecular complexity index is 1320.